The second-order valence-electron chi connectivity index (χ2n) is 4.83. The zero-order valence-electron chi connectivity index (χ0n) is 10.8. The topological polar surface area (TPSA) is 69.2 Å². The minimum absolute atomic E-state index is 0.0247. The Morgan fingerprint density at radius 1 is 1.30 bits per heavy atom. The Morgan fingerprint density at radius 2 is 2.05 bits per heavy atom. The van der Waals surface area contributed by atoms with Gasteiger partial charge in [-0.2, -0.15) is 5.10 Å². The summed E-state index contributed by atoms with van der Waals surface area (Å²) >= 11 is 0. The number of carboxylic acid groups (broad SMARTS) is 1. The van der Waals surface area contributed by atoms with E-state index < -0.39 is 5.97 Å². The molecule has 0 radical (unpaired) electrons. The molecule has 1 aromatic heterocycles. The predicted octanol–water partition coefficient (Wildman–Crippen LogP) is 2.51. The average molecular weight is 275 g/mol. The smallest absolute Gasteiger partial charge is 0.353 e. The molecule has 1 aliphatic heterocycles. The van der Waals surface area contributed by atoms with Crippen molar-refractivity contribution in [3.8, 4) is 11.3 Å². The molecule has 6 heteroatoms. The summed E-state index contributed by atoms with van der Waals surface area (Å²) in [7, 11) is 0. The number of carbonyl (C=O) groups is 1. The fourth-order valence-electron chi connectivity index (χ4n) is 2.51. The molecular formula is C14H14FN3O2. The van der Waals surface area contributed by atoms with Crippen molar-refractivity contribution < 1.29 is 14.3 Å². The molecule has 5 nitrogen and oxygen atoms in total. The summed E-state index contributed by atoms with van der Waals surface area (Å²) in [5.41, 5.74) is 2.06. The van der Waals surface area contributed by atoms with Gasteiger partial charge in [-0.1, -0.05) is 0 Å². The molecule has 20 heavy (non-hydrogen) atoms. The van der Waals surface area contributed by atoms with Crippen molar-refractivity contribution >= 4 is 11.7 Å². The lowest BCUT2D eigenvalue weighted by Gasteiger charge is -2.20. The third-order valence-electron chi connectivity index (χ3n) is 3.49. The molecule has 0 unspecified atom stereocenters. The van der Waals surface area contributed by atoms with Gasteiger partial charge in [0.25, 0.3) is 0 Å². The van der Waals surface area contributed by atoms with Crippen LogP contribution in [0.1, 0.15) is 23.3 Å². The van der Waals surface area contributed by atoms with E-state index in [1.54, 1.807) is 6.07 Å². The summed E-state index contributed by atoms with van der Waals surface area (Å²) < 4.78 is 13.5. The van der Waals surface area contributed by atoms with Gasteiger partial charge >= 0.3 is 5.97 Å². The number of benzene rings is 1. The van der Waals surface area contributed by atoms with Crippen LogP contribution in [-0.2, 0) is 0 Å². The maximum Gasteiger partial charge on any atom is 0.353 e. The van der Waals surface area contributed by atoms with Gasteiger partial charge in [0, 0.05) is 24.3 Å². The van der Waals surface area contributed by atoms with Crippen molar-refractivity contribution in [2.24, 2.45) is 0 Å². The minimum atomic E-state index is -1.06. The first-order valence-electron chi connectivity index (χ1n) is 6.49. The van der Waals surface area contributed by atoms with Crippen molar-refractivity contribution in [1.82, 2.24) is 10.2 Å². The summed E-state index contributed by atoms with van der Waals surface area (Å²) in [6.45, 7) is 1.76. The fourth-order valence-corrected chi connectivity index (χ4v) is 2.51. The summed E-state index contributed by atoms with van der Waals surface area (Å²) in [5, 5.41) is 15.4. The molecule has 2 N–H and O–H groups in total. The Morgan fingerprint density at radius 3 is 2.70 bits per heavy atom. The summed E-state index contributed by atoms with van der Waals surface area (Å²) in [6, 6.07) is 5.96. The minimum Gasteiger partial charge on any atom is -0.477 e. The van der Waals surface area contributed by atoms with Crippen LogP contribution < -0.4 is 4.90 Å². The van der Waals surface area contributed by atoms with Gasteiger partial charge in [-0.05, 0) is 37.1 Å². The molecule has 2 heterocycles. The third kappa shape index (κ3) is 2.24. The Labute approximate surface area is 115 Å². The molecule has 1 aliphatic rings. The molecule has 1 aromatic carbocycles. The standard InChI is InChI=1S/C14H14FN3O2/c15-9-3-4-10(11-8-12(14(19)20)17-16-11)13(7-9)18-5-1-2-6-18/h3-4,7-8H,1-2,5-6H2,(H,16,17)(H,19,20). The van der Waals surface area contributed by atoms with E-state index >= 15 is 0 Å². The number of nitrogens with zero attached hydrogens (tertiary/aromatic N) is 2. The number of nitrogens with one attached hydrogen (secondary N) is 1. The highest BCUT2D eigenvalue weighted by Crippen LogP contribution is 2.32. The molecule has 104 valence electrons. The largest absolute Gasteiger partial charge is 0.477 e. The van der Waals surface area contributed by atoms with E-state index in [0.29, 0.717) is 5.69 Å². The van der Waals surface area contributed by atoms with Gasteiger partial charge in [-0.15, -0.1) is 0 Å². The van der Waals surface area contributed by atoms with Crippen molar-refractivity contribution in [3.05, 3.63) is 35.8 Å². The molecule has 0 aliphatic carbocycles. The number of H-pyrrole nitrogens is 1. The first-order valence-corrected chi connectivity index (χ1v) is 6.49. The molecule has 1 saturated heterocycles. The van der Waals surface area contributed by atoms with E-state index in [0.717, 1.165) is 37.2 Å². The van der Waals surface area contributed by atoms with Crippen LogP contribution in [0.15, 0.2) is 24.3 Å². The lowest BCUT2D eigenvalue weighted by molar-refractivity contribution is 0.0690. The van der Waals surface area contributed by atoms with E-state index in [4.69, 9.17) is 5.11 Å². The van der Waals surface area contributed by atoms with Crippen LogP contribution in [0, 0.1) is 5.82 Å². The second-order valence-corrected chi connectivity index (χ2v) is 4.83. The van der Waals surface area contributed by atoms with Crippen LogP contribution in [0.25, 0.3) is 11.3 Å². The Balaban J connectivity index is 2.05. The highest BCUT2D eigenvalue weighted by atomic mass is 19.1. The van der Waals surface area contributed by atoms with Crippen LogP contribution >= 0.6 is 0 Å². The van der Waals surface area contributed by atoms with Crippen molar-refractivity contribution in [1.29, 1.82) is 0 Å². The lowest BCUT2D eigenvalue weighted by atomic mass is 10.1. The van der Waals surface area contributed by atoms with Crippen LogP contribution in [0.2, 0.25) is 0 Å². The lowest BCUT2D eigenvalue weighted by Crippen LogP contribution is -2.18. The predicted molar refractivity (Wildman–Crippen MR) is 72.4 cm³/mol. The van der Waals surface area contributed by atoms with Crippen LogP contribution in [0.5, 0.6) is 0 Å². The normalized spacial score (nSPS) is 14.8. The van der Waals surface area contributed by atoms with Gasteiger partial charge in [0.15, 0.2) is 0 Å². The molecule has 0 amide bonds. The second kappa shape index (κ2) is 4.96. The summed E-state index contributed by atoms with van der Waals surface area (Å²) in [5.74, 6) is -1.36. The number of hydrogen-bond donors (Lipinski definition) is 2. The van der Waals surface area contributed by atoms with E-state index in [1.165, 1.54) is 18.2 Å². The van der Waals surface area contributed by atoms with Gasteiger partial charge in [-0.25, -0.2) is 9.18 Å². The van der Waals surface area contributed by atoms with Gasteiger partial charge in [-0.3, -0.25) is 5.10 Å². The van der Waals surface area contributed by atoms with Gasteiger partial charge < -0.3 is 10.0 Å². The number of carboxylic acids is 1. The maximum atomic E-state index is 13.5. The number of aromatic amines is 1. The highest BCUT2D eigenvalue weighted by molar-refractivity contribution is 5.88. The quantitative estimate of drug-likeness (QED) is 0.903. The number of anilines is 1. The molecule has 0 spiro atoms. The SMILES string of the molecule is O=C(O)c1cc(-c2ccc(F)cc2N2CCCC2)n[nH]1. The molecule has 0 atom stereocenters. The zero-order valence-corrected chi connectivity index (χ0v) is 10.8. The molecule has 2 aromatic rings. The average Bonchev–Trinajstić information content (AvgIpc) is 3.10. The first-order chi connectivity index (χ1) is 9.65. The maximum absolute atomic E-state index is 13.5. The molecular weight excluding hydrogens is 261 g/mol. The number of aromatic nitrogens is 2. The van der Waals surface area contributed by atoms with Crippen LogP contribution in [0.4, 0.5) is 10.1 Å². The Bertz CT molecular complexity index is 648. The van der Waals surface area contributed by atoms with E-state index in [9.17, 15) is 9.18 Å². The fraction of sp³-hybridized carbons (Fsp3) is 0.286. The Hall–Kier alpha value is -2.37. The van der Waals surface area contributed by atoms with Crippen LogP contribution in [0.3, 0.4) is 0 Å². The number of hydrogen-bond acceptors (Lipinski definition) is 3. The molecule has 3 rings (SSSR count). The Kier molecular flexibility index (Phi) is 3.14. The molecule has 0 bridgehead atoms. The van der Waals surface area contributed by atoms with Crippen molar-refractivity contribution in [3.63, 3.8) is 0 Å². The van der Waals surface area contributed by atoms with Crippen LogP contribution in [-0.4, -0.2) is 34.4 Å². The van der Waals surface area contributed by atoms with Gasteiger partial charge in [0.05, 0.1) is 5.69 Å². The summed E-state index contributed by atoms with van der Waals surface area (Å²) in [6.07, 6.45) is 2.16. The van der Waals surface area contributed by atoms with E-state index in [-0.39, 0.29) is 11.5 Å². The third-order valence-corrected chi connectivity index (χ3v) is 3.49. The monoisotopic (exact) mass is 275 g/mol. The number of halogens is 1. The summed E-state index contributed by atoms with van der Waals surface area (Å²) in [4.78, 5) is 13.0. The van der Waals surface area contributed by atoms with Crippen molar-refractivity contribution in [2.75, 3.05) is 18.0 Å². The number of aromatic carboxylic acids is 1. The first kappa shape index (κ1) is 12.7. The van der Waals surface area contributed by atoms with E-state index in [2.05, 4.69) is 15.1 Å². The van der Waals surface area contributed by atoms with E-state index in [1.807, 2.05) is 0 Å². The zero-order chi connectivity index (χ0) is 14.1. The van der Waals surface area contributed by atoms with Gasteiger partial charge in [0.2, 0.25) is 0 Å². The van der Waals surface area contributed by atoms with Crippen molar-refractivity contribution in [2.45, 2.75) is 12.8 Å². The highest BCUT2D eigenvalue weighted by Gasteiger charge is 2.19. The number of rotatable bonds is 3. The van der Waals surface area contributed by atoms with Gasteiger partial charge in [0.1, 0.15) is 11.5 Å². The molecule has 0 saturated carbocycles. The molecule has 1 fully saturated rings.